The Morgan fingerprint density at radius 2 is 2.00 bits per heavy atom. The number of unbranched alkanes of at least 4 members (excludes halogenated alkanes) is 1. The highest BCUT2D eigenvalue weighted by Crippen LogP contribution is 2.16. The second kappa shape index (κ2) is 6.45. The molecule has 0 spiro atoms. The number of nitrogens with two attached hydrogens (primary N) is 1. The van der Waals surface area contributed by atoms with Crippen molar-refractivity contribution in [3.8, 4) is 0 Å². The fourth-order valence-electron chi connectivity index (χ4n) is 2.45. The molecule has 0 saturated carbocycles. The highest BCUT2D eigenvalue weighted by Gasteiger charge is 2.05. The number of aryl methyl sites for hydroxylation is 1. The van der Waals surface area contributed by atoms with Gasteiger partial charge in [0.15, 0.2) is 0 Å². The molecule has 0 bridgehead atoms. The van der Waals surface area contributed by atoms with E-state index in [2.05, 4.69) is 39.6 Å². The van der Waals surface area contributed by atoms with E-state index in [1.807, 2.05) is 23.1 Å². The minimum absolute atomic E-state index is 0.693. The molecular formula is C16H19N5. The average molecular weight is 281 g/mol. The summed E-state index contributed by atoms with van der Waals surface area (Å²) in [5, 5.41) is 9.57. The summed E-state index contributed by atoms with van der Waals surface area (Å²) in [6, 6.07) is 10.2. The van der Waals surface area contributed by atoms with Gasteiger partial charge < -0.3 is 5.73 Å². The monoisotopic (exact) mass is 281 g/mol. The molecule has 2 aromatic heterocycles. The molecule has 0 atom stereocenters. The lowest BCUT2D eigenvalue weighted by Crippen LogP contribution is -2.01. The third-order valence-electron chi connectivity index (χ3n) is 3.52. The van der Waals surface area contributed by atoms with Crippen LogP contribution in [0, 0.1) is 0 Å². The van der Waals surface area contributed by atoms with Crippen LogP contribution in [-0.4, -0.2) is 26.5 Å². The first kappa shape index (κ1) is 13.7. The molecule has 0 aliphatic heterocycles. The summed E-state index contributed by atoms with van der Waals surface area (Å²) in [4.78, 5) is 4.47. The Hall–Kier alpha value is -2.27. The molecule has 0 aliphatic carbocycles. The number of pyridine rings is 1. The first-order chi connectivity index (χ1) is 10.4. The van der Waals surface area contributed by atoms with Gasteiger partial charge in [0.05, 0.1) is 17.8 Å². The lowest BCUT2D eigenvalue weighted by molar-refractivity contribution is 0.650. The molecule has 0 radical (unpaired) electrons. The van der Waals surface area contributed by atoms with Crippen LogP contribution in [0.5, 0.6) is 0 Å². The van der Waals surface area contributed by atoms with E-state index in [0.717, 1.165) is 48.0 Å². The molecule has 3 rings (SSSR count). The highest BCUT2D eigenvalue weighted by atomic mass is 15.4. The highest BCUT2D eigenvalue weighted by molar-refractivity contribution is 5.81. The van der Waals surface area contributed by atoms with Crippen LogP contribution in [0.4, 0.5) is 0 Å². The van der Waals surface area contributed by atoms with Gasteiger partial charge in [0, 0.05) is 17.8 Å². The molecule has 2 N–H and O–H groups in total. The van der Waals surface area contributed by atoms with Crippen molar-refractivity contribution in [3.05, 3.63) is 54.0 Å². The zero-order chi connectivity index (χ0) is 14.5. The topological polar surface area (TPSA) is 69.6 Å². The Balaban J connectivity index is 1.76. The smallest absolute Gasteiger partial charge is 0.0827 e. The summed E-state index contributed by atoms with van der Waals surface area (Å²) < 4.78 is 1.88. The summed E-state index contributed by atoms with van der Waals surface area (Å²) in [6.07, 6.45) is 6.86. The zero-order valence-electron chi connectivity index (χ0n) is 11.9. The summed E-state index contributed by atoms with van der Waals surface area (Å²) in [6.45, 7) is 1.42. The molecule has 5 nitrogen and oxygen atoms in total. The Morgan fingerprint density at radius 3 is 2.90 bits per heavy atom. The Morgan fingerprint density at radius 1 is 1.10 bits per heavy atom. The lowest BCUT2D eigenvalue weighted by atomic mass is 10.1. The van der Waals surface area contributed by atoms with Gasteiger partial charge in [-0.15, -0.1) is 5.10 Å². The number of hydrogen-bond donors (Lipinski definition) is 1. The second-order valence-electron chi connectivity index (χ2n) is 5.15. The number of nitrogens with zero attached hydrogens (tertiary/aromatic N) is 4. The van der Waals surface area contributed by atoms with Crippen molar-refractivity contribution in [2.75, 3.05) is 6.54 Å². The maximum Gasteiger partial charge on any atom is 0.0827 e. The molecule has 1 aromatic carbocycles. The summed E-state index contributed by atoms with van der Waals surface area (Å²) in [7, 11) is 0. The van der Waals surface area contributed by atoms with Gasteiger partial charge in [0.2, 0.25) is 0 Å². The van der Waals surface area contributed by atoms with Crippen molar-refractivity contribution in [2.45, 2.75) is 25.8 Å². The fraction of sp³-hybridized carbons (Fsp3) is 0.312. The van der Waals surface area contributed by atoms with Crippen molar-refractivity contribution < 1.29 is 0 Å². The van der Waals surface area contributed by atoms with Gasteiger partial charge in [0.1, 0.15) is 0 Å². The molecule has 5 heteroatoms. The number of aromatic nitrogens is 4. The fourth-order valence-corrected chi connectivity index (χ4v) is 2.45. The quantitative estimate of drug-likeness (QED) is 0.703. The molecule has 0 unspecified atom stereocenters. The van der Waals surface area contributed by atoms with Crippen LogP contribution in [0.1, 0.15) is 24.1 Å². The number of rotatable bonds is 6. The van der Waals surface area contributed by atoms with Crippen LogP contribution in [0.25, 0.3) is 10.9 Å². The van der Waals surface area contributed by atoms with E-state index in [-0.39, 0.29) is 0 Å². The molecular weight excluding hydrogens is 262 g/mol. The van der Waals surface area contributed by atoms with E-state index in [1.54, 1.807) is 0 Å². The minimum Gasteiger partial charge on any atom is -0.330 e. The van der Waals surface area contributed by atoms with Crippen LogP contribution in [0.15, 0.2) is 42.7 Å². The Bertz CT molecular complexity index is 714. The molecule has 2 heterocycles. The maximum absolute atomic E-state index is 5.50. The summed E-state index contributed by atoms with van der Waals surface area (Å²) in [5.74, 6) is 0. The average Bonchev–Trinajstić information content (AvgIpc) is 2.96. The number of benzene rings is 1. The maximum atomic E-state index is 5.50. The van der Waals surface area contributed by atoms with Gasteiger partial charge in [-0.2, -0.15) is 0 Å². The predicted molar refractivity (Wildman–Crippen MR) is 82.9 cm³/mol. The van der Waals surface area contributed by atoms with E-state index in [0.29, 0.717) is 6.54 Å². The molecule has 21 heavy (non-hydrogen) atoms. The van der Waals surface area contributed by atoms with E-state index in [4.69, 9.17) is 5.73 Å². The normalized spacial score (nSPS) is 11.1. The van der Waals surface area contributed by atoms with Crippen molar-refractivity contribution in [3.63, 3.8) is 0 Å². The number of fused-ring (bicyclic) bond motifs is 1. The third kappa shape index (κ3) is 3.25. The lowest BCUT2D eigenvalue weighted by Gasteiger charge is -2.04. The molecule has 108 valence electrons. The van der Waals surface area contributed by atoms with Crippen LogP contribution >= 0.6 is 0 Å². The predicted octanol–water partition coefficient (Wildman–Crippen LogP) is 2.16. The molecule has 0 aliphatic rings. The first-order valence-corrected chi connectivity index (χ1v) is 7.28. The van der Waals surface area contributed by atoms with E-state index in [1.165, 1.54) is 0 Å². The van der Waals surface area contributed by atoms with Crippen molar-refractivity contribution >= 4 is 10.9 Å². The molecule has 0 fully saturated rings. The van der Waals surface area contributed by atoms with Gasteiger partial charge in [0.25, 0.3) is 0 Å². The van der Waals surface area contributed by atoms with Crippen LogP contribution < -0.4 is 5.73 Å². The third-order valence-corrected chi connectivity index (χ3v) is 3.52. The van der Waals surface area contributed by atoms with Crippen molar-refractivity contribution in [2.24, 2.45) is 5.73 Å². The standard InChI is InChI=1S/C16H19N5/c17-9-2-1-8-15-12-21(20-19-15)11-14-6-3-5-13-7-4-10-18-16(13)14/h3-7,10,12H,1-2,8-9,11,17H2. The Kier molecular flexibility index (Phi) is 4.21. The summed E-state index contributed by atoms with van der Waals surface area (Å²) >= 11 is 0. The zero-order valence-corrected chi connectivity index (χ0v) is 11.9. The van der Waals surface area contributed by atoms with Crippen molar-refractivity contribution in [1.82, 2.24) is 20.0 Å². The summed E-state index contributed by atoms with van der Waals surface area (Å²) in [5.41, 5.74) is 8.72. The molecule has 0 saturated heterocycles. The van der Waals surface area contributed by atoms with E-state index < -0.39 is 0 Å². The van der Waals surface area contributed by atoms with Crippen LogP contribution in [0.2, 0.25) is 0 Å². The van der Waals surface area contributed by atoms with Crippen LogP contribution in [-0.2, 0) is 13.0 Å². The second-order valence-corrected chi connectivity index (χ2v) is 5.15. The van der Waals surface area contributed by atoms with E-state index in [9.17, 15) is 0 Å². The van der Waals surface area contributed by atoms with Gasteiger partial charge in [-0.3, -0.25) is 4.98 Å². The van der Waals surface area contributed by atoms with Gasteiger partial charge >= 0.3 is 0 Å². The number of para-hydroxylation sites is 1. The van der Waals surface area contributed by atoms with Crippen molar-refractivity contribution in [1.29, 1.82) is 0 Å². The first-order valence-electron chi connectivity index (χ1n) is 7.28. The molecule has 3 aromatic rings. The largest absolute Gasteiger partial charge is 0.330 e. The SMILES string of the molecule is NCCCCc1cn(Cc2cccc3cccnc23)nn1. The van der Waals surface area contributed by atoms with Gasteiger partial charge in [-0.1, -0.05) is 29.5 Å². The van der Waals surface area contributed by atoms with Gasteiger partial charge in [-0.05, 0) is 37.4 Å². The Labute approximate surface area is 123 Å². The molecule has 0 amide bonds. The van der Waals surface area contributed by atoms with Gasteiger partial charge in [-0.25, -0.2) is 4.68 Å². The van der Waals surface area contributed by atoms with E-state index >= 15 is 0 Å². The minimum atomic E-state index is 0.693. The number of hydrogen-bond acceptors (Lipinski definition) is 4. The van der Waals surface area contributed by atoms with Crippen LogP contribution in [0.3, 0.4) is 0 Å².